The van der Waals surface area contributed by atoms with E-state index in [1.54, 1.807) is 24.3 Å². The standard InChI is InChI=1S/C19H14F3NO5/c20-19(21,22)28-16-10-14(9-15(11-16)17(24)25)7-4-8-23-18(26)27-12-13-5-2-1-3-6-13/h1-3,5-6,9-11H,8,12H2,(H,23,26)(H,24,25). The zero-order valence-corrected chi connectivity index (χ0v) is 14.2. The van der Waals surface area contributed by atoms with Gasteiger partial charge in [0.05, 0.1) is 12.1 Å². The lowest BCUT2D eigenvalue weighted by molar-refractivity contribution is -0.274. The molecule has 2 aromatic rings. The van der Waals surface area contributed by atoms with Crippen LogP contribution in [-0.4, -0.2) is 30.1 Å². The molecule has 0 aromatic heterocycles. The number of carbonyl (C=O) groups excluding carboxylic acids is 1. The minimum Gasteiger partial charge on any atom is -0.478 e. The van der Waals surface area contributed by atoms with Crippen molar-refractivity contribution in [2.45, 2.75) is 13.0 Å². The highest BCUT2D eigenvalue weighted by atomic mass is 19.4. The molecule has 6 nitrogen and oxygen atoms in total. The summed E-state index contributed by atoms with van der Waals surface area (Å²) in [6.07, 6.45) is -5.69. The summed E-state index contributed by atoms with van der Waals surface area (Å²) in [5.74, 6) is 2.83. The maximum atomic E-state index is 12.3. The second-order valence-electron chi connectivity index (χ2n) is 5.32. The molecule has 0 aliphatic carbocycles. The number of alkyl halides is 3. The Morgan fingerprint density at radius 3 is 2.46 bits per heavy atom. The fourth-order valence-corrected chi connectivity index (χ4v) is 2.02. The Hall–Kier alpha value is -3.67. The van der Waals surface area contributed by atoms with Crippen molar-refractivity contribution in [3.8, 4) is 17.6 Å². The van der Waals surface area contributed by atoms with Gasteiger partial charge in [-0.2, -0.15) is 0 Å². The van der Waals surface area contributed by atoms with E-state index < -0.39 is 29.7 Å². The van der Waals surface area contributed by atoms with Gasteiger partial charge in [0.2, 0.25) is 0 Å². The van der Waals surface area contributed by atoms with Crippen LogP contribution in [0.15, 0.2) is 48.5 Å². The second-order valence-corrected chi connectivity index (χ2v) is 5.32. The van der Waals surface area contributed by atoms with Crippen LogP contribution < -0.4 is 10.1 Å². The predicted octanol–water partition coefficient (Wildman–Crippen LogP) is 3.56. The number of benzene rings is 2. The van der Waals surface area contributed by atoms with Crippen molar-refractivity contribution in [1.82, 2.24) is 5.32 Å². The van der Waals surface area contributed by atoms with Crippen LogP contribution in [0.3, 0.4) is 0 Å². The molecule has 0 unspecified atom stereocenters. The topological polar surface area (TPSA) is 84.9 Å². The van der Waals surface area contributed by atoms with Crippen molar-refractivity contribution in [2.24, 2.45) is 0 Å². The van der Waals surface area contributed by atoms with Crippen LogP contribution >= 0.6 is 0 Å². The fourth-order valence-electron chi connectivity index (χ4n) is 2.02. The summed E-state index contributed by atoms with van der Waals surface area (Å²) in [7, 11) is 0. The highest BCUT2D eigenvalue weighted by Gasteiger charge is 2.31. The van der Waals surface area contributed by atoms with Gasteiger partial charge in [-0.25, -0.2) is 9.59 Å². The number of amides is 1. The molecule has 0 fully saturated rings. The number of alkyl carbamates (subject to hydrolysis) is 1. The van der Waals surface area contributed by atoms with E-state index in [9.17, 15) is 22.8 Å². The summed E-state index contributed by atoms with van der Waals surface area (Å²) in [4.78, 5) is 22.6. The van der Waals surface area contributed by atoms with Gasteiger partial charge in [-0.15, -0.1) is 13.2 Å². The number of halogens is 3. The normalized spacial score (nSPS) is 10.4. The van der Waals surface area contributed by atoms with Gasteiger partial charge in [-0.3, -0.25) is 0 Å². The average Bonchev–Trinajstić information content (AvgIpc) is 2.63. The van der Waals surface area contributed by atoms with Crippen LogP contribution in [0, 0.1) is 11.8 Å². The van der Waals surface area contributed by atoms with E-state index in [2.05, 4.69) is 21.9 Å². The molecule has 0 aliphatic rings. The van der Waals surface area contributed by atoms with Gasteiger partial charge in [0.15, 0.2) is 0 Å². The highest BCUT2D eigenvalue weighted by Crippen LogP contribution is 2.25. The van der Waals surface area contributed by atoms with Gasteiger partial charge in [0.1, 0.15) is 12.4 Å². The first-order valence-electron chi connectivity index (χ1n) is 7.80. The van der Waals surface area contributed by atoms with Crippen LogP contribution in [0.1, 0.15) is 21.5 Å². The molecule has 0 saturated heterocycles. The molecular weight excluding hydrogens is 379 g/mol. The molecule has 1 amide bonds. The molecule has 0 spiro atoms. The molecular formula is C19H14F3NO5. The van der Waals surface area contributed by atoms with Crippen molar-refractivity contribution < 1.29 is 37.3 Å². The maximum Gasteiger partial charge on any atom is 0.573 e. The molecule has 2 N–H and O–H groups in total. The summed E-state index contributed by atoms with van der Waals surface area (Å²) in [6.45, 7) is -0.0840. The molecule has 0 bridgehead atoms. The molecule has 0 radical (unpaired) electrons. The molecule has 0 saturated carbocycles. The Balaban J connectivity index is 1.94. The number of ether oxygens (including phenoxy) is 2. The minimum atomic E-state index is -4.97. The number of hydrogen-bond acceptors (Lipinski definition) is 4. The average molecular weight is 393 g/mol. The summed E-state index contributed by atoms with van der Waals surface area (Å²) in [6, 6.07) is 11.7. The lowest BCUT2D eigenvalue weighted by Gasteiger charge is -2.09. The Kier molecular flexibility index (Phi) is 6.87. The highest BCUT2D eigenvalue weighted by molar-refractivity contribution is 5.88. The van der Waals surface area contributed by atoms with Crippen LogP contribution in [-0.2, 0) is 11.3 Å². The first-order valence-corrected chi connectivity index (χ1v) is 7.80. The summed E-state index contributed by atoms with van der Waals surface area (Å²) in [5, 5.41) is 11.3. The molecule has 146 valence electrons. The Bertz CT molecular complexity index is 901. The van der Waals surface area contributed by atoms with E-state index in [4.69, 9.17) is 9.84 Å². The first-order chi connectivity index (χ1) is 13.2. The lowest BCUT2D eigenvalue weighted by Crippen LogP contribution is -2.24. The summed E-state index contributed by atoms with van der Waals surface area (Å²) < 4.78 is 45.7. The number of nitrogens with one attached hydrogen (secondary N) is 1. The fraction of sp³-hybridized carbons (Fsp3) is 0.158. The van der Waals surface area contributed by atoms with E-state index >= 15 is 0 Å². The number of carbonyl (C=O) groups is 2. The monoisotopic (exact) mass is 393 g/mol. The Morgan fingerprint density at radius 2 is 1.82 bits per heavy atom. The summed E-state index contributed by atoms with van der Waals surface area (Å²) >= 11 is 0. The van der Waals surface area contributed by atoms with Crippen LogP contribution in [0.2, 0.25) is 0 Å². The largest absolute Gasteiger partial charge is 0.573 e. The quantitative estimate of drug-likeness (QED) is 0.759. The second kappa shape index (κ2) is 9.32. The van der Waals surface area contributed by atoms with Gasteiger partial charge >= 0.3 is 18.4 Å². The SMILES string of the molecule is O=C(NCC#Cc1cc(OC(F)(F)F)cc(C(=O)O)c1)OCc1ccccc1. The van der Waals surface area contributed by atoms with Crippen molar-refractivity contribution in [1.29, 1.82) is 0 Å². The predicted molar refractivity (Wildman–Crippen MR) is 91.6 cm³/mol. The number of hydrogen-bond donors (Lipinski definition) is 2. The zero-order chi connectivity index (χ0) is 20.6. The van der Waals surface area contributed by atoms with Gasteiger partial charge in [-0.05, 0) is 23.8 Å². The summed E-state index contributed by atoms with van der Waals surface area (Å²) in [5.41, 5.74) is 0.367. The number of carboxylic acids is 1. The third kappa shape index (κ3) is 7.29. The molecule has 28 heavy (non-hydrogen) atoms. The van der Waals surface area contributed by atoms with Gasteiger partial charge in [0.25, 0.3) is 0 Å². The lowest BCUT2D eigenvalue weighted by atomic mass is 10.1. The molecule has 2 rings (SSSR count). The molecule has 0 atom stereocenters. The van der Waals surface area contributed by atoms with Crippen LogP contribution in [0.5, 0.6) is 5.75 Å². The van der Waals surface area contributed by atoms with Gasteiger partial charge in [-0.1, -0.05) is 42.2 Å². The number of carboxylic acid groups (broad SMARTS) is 1. The van der Waals surface area contributed by atoms with Crippen LogP contribution in [0.4, 0.5) is 18.0 Å². The molecule has 0 aliphatic heterocycles. The van der Waals surface area contributed by atoms with Crippen LogP contribution in [0.25, 0.3) is 0 Å². The van der Waals surface area contributed by atoms with Crippen molar-refractivity contribution in [3.63, 3.8) is 0 Å². The van der Waals surface area contributed by atoms with E-state index in [1.165, 1.54) is 0 Å². The zero-order valence-electron chi connectivity index (χ0n) is 14.2. The number of aromatic carboxylic acids is 1. The van der Waals surface area contributed by atoms with E-state index in [0.29, 0.717) is 0 Å². The van der Waals surface area contributed by atoms with Crippen molar-refractivity contribution >= 4 is 12.1 Å². The minimum absolute atomic E-state index is 0.0152. The van der Waals surface area contributed by atoms with Gasteiger partial charge < -0.3 is 19.9 Å². The van der Waals surface area contributed by atoms with Crippen molar-refractivity contribution in [3.05, 3.63) is 65.2 Å². The molecule has 2 aromatic carbocycles. The first kappa shape index (κ1) is 20.6. The third-order valence-corrected chi connectivity index (χ3v) is 3.15. The van der Waals surface area contributed by atoms with E-state index in [1.807, 2.05) is 6.07 Å². The Labute approximate surface area is 157 Å². The Morgan fingerprint density at radius 1 is 1.11 bits per heavy atom. The molecule has 9 heteroatoms. The van der Waals surface area contributed by atoms with Gasteiger partial charge in [0, 0.05) is 5.56 Å². The van der Waals surface area contributed by atoms with Crippen molar-refractivity contribution in [2.75, 3.05) is 6.54 Å². The van der Waals surface area contributed by atoms with E-state index in [-0.39, 0.29) is 18.7 Å². The molecule has 0 heterocycles. The maximum absolute atomic E-state index is 12.3. The number of rotatable bonds is 5. The van der Waals surface area contributed by atoms with E-state index in [0.717, 1.165) is 23.8 Å². The smallest absolute Gasteiger partial charge is 0.478 e. The third-order valence-electron chi connectivity index (χ3n) is 3.15.